The van der Waals surface area contributed by atoms with Crippen molar-refractivity contribution in [2.75, 3.05) is 6.61 Å². The van der Waals surface area contributed by atoms with Gasteiger partial charge in [0.2, 0.25) is 0 Å². The van der Waals surface area contributed by atoms with Gasteiger partial charge in [-0.05, 0) is 35.7 Å². The zero-order chi connectivity index (χ0) is 19.8. The van der Waals surface area contributed by atoms with E-state index in [0.717, 1.165) is 5.56 Å². The number of carbonyl (C=O) groups excluding carboxylic acids is 3. The van der Waals surface area contributed by atoms with Crippen molar-refractivity contribution < 1.29 is 19.1 Å². The number of hydrogen-bond donors (Lipinski definition) is 2. The molecule has 0 aliphatic rings. The summed E-state index contributed by atoms with van der Waals surface area (Å²) in [6.45, 7) is 3.28. The van der Waals surface area contributed by atoms with Gasteiger partial charge in [-0.2, -0.15) is 0 Å². The molecule has 2 amide bonds. The van der Waals surface area contributed by atoms with Crippen LogP contribution in [0.2, 0.25) is 5.02 Å². The summed E-state index contributed by atoms with van der Waals surface area (Å²) in [7, 11) is 0. The summed E-state index contributed by atoms with van der Waals surface area (Å²) in [6.07, 6.45) is 0. The molecule has 142 valence electrons. The summed E-state index contributed by atoms with van der Waals surface area (Å²) in [5, 5.41) is 0.572. The molecule has 0 aromatic heterocycles. The van der Waals surface area contributed by atoms with Gasteiger partial charge in [-0.25, -0.2) is 0 Å². The number of carbonyl (C=O) groups is 3. The van der Waals surface area contributed by atoms with E-state index < -0.39 is 30.3 Å². The van der Waals surface area contributed by atoms with E-state index in [4.69, 9.17) is 16.3 Å². The predicted octanol–water partition coefficient (Wildman–Crippen LogP) is 3.08. The van der Waals surface area contributed by atoms with Gasteiger partial charge in [-0.3, -0.25) is 25.2 Å². The van der Waals surface area contributed by atoms with Gasteiger partial charge in [-0.15, -0.1) is 0 Å². The fourth-order valence-electron chi connectivity index (χ4n) is 2.51. The lowest BCUT2D eigenvalue weighted by Gasteiger charge is -2.20. The molecule has 2 aromatic rings. The van der Waals surface area contributed by atoms with Gasteiger partial charge in [-0.1, -0.05) is 55.8 Å². The molecule has 0 fully saturated rings. The summed E-state index contributed by atoms with van der Waals surface area (Å²) in [6, 6.07) is 15.3. The van der Waals surface area contributed by atoms with Gasteiger partial charge in [0.05, 0.1) is 5.92 Å². The van der Waals surface area contributed by atoms with Gasteiger partial charge in [0, 0.05) is 10.6 Å². The minimum Gasteiger partial charge on any atom is -0.455 e. The molecule has 1 atom stereocenters. The Hall–Kier alpha value is -2.86. The zero-order valence-corrected chi connectivity index (χ0v) is 15.8. The Morgan fingerprint density at radius 2 is 1.59 bits per heavy atom. The fourth-order valence-corrected chi connectivity index (χ4v) is 2.64. The highest BCUT2D eigenvalue weighted by molar-refractivity contribution is 6.30. The fraction of sp³-hybridized carbons (Fsp3) is 0.250. The molecule has 0 radical (unpaired) electrons. The number of halogens is 1. The second kappa shape index (κ2) is 9.73. The lowest BCUT2D eigenvalue weighted by Crippen LogP contribution is -2.43. The Balaban J connectivity index is 1.86. The number of amides is 2. The summed E-state index contributed by atoms with van der Waals surface area (Å²) in [4.78, 5) is 36.1. The van der Waals surface area contributed by atoms with Crippen LogP contribution in [0, 0.1) is 5.92 Å². The first-order valence-corrected chi connectivity index (χ1v) is 8.82. The maximum absolute atomic E-state index is 12.4. The number of nitrogens with one attached hydrogen (secondary N) is 2. The molecule has 0 saturated heterocycles. The van der Waals surface area contributed by atoms with Crippen molar-refractivity contribution in [3.8, 4) is 0 Å². The molecule has 7 heteroatoms. The van der Waals surface area contributed by atoms with Crippen LogP contribution >= 0.6 is 11.6 Å². The van der Waals surface area contributed by atoms with Crippen molar-refractivity contribution in [1.29, 1.82) is 0 Å². The van der Waals surface area contributed by atoms with Crippen LogP contribution in [0.15, 0.2) is 54.6 Å². The standard InChI is InChI=1S/C20H21ClN2O4/c1-13(2)18(14-8-10-16(21)11-9-14)20(26)27-12-17(24)22-23-19(25)15-6-4-3-5-7-15/h3-11,13,18H,12H2,1-2H3,(H,22,24)(H,23,25)/t18-/m0/s1. The Labute approximate surface area is 162 Å². The van der Waals surface area contributed by atoms with Crippen molar-refractivity contribution >= 4 is 29.4 Å². The van der Waals surface area contributed by atoms with Gasteiger partial charge >= 0.3 is 5.97 Å². The van der Waals surface area contributed by atoms with E-state index in [-0.39, 0.29) is 5.92 Å². The van der Waals surface area contributed by atoms with Gasteiger partial charge in [0.1, 0.15) is 0 Å². The summed E-state index contributed by atoms with van der Waals surface area (Å²) >= 11 is 5.88. The van der Waals surface area contributed by atoms with Gasteiger partial charge in [0.15, 0.2) is 6.61 Å². The predicted molar refractivity (Wildman–Crippen MR) is 102 cm³/mol. The molecule has 0 aliphatic heterocycles. The summed E-state index contributed by atoms with van der Waals surface area (Å²) in [5.41, 5.74) is 5.65. The molecule has 0 bridgehead atoms. The number of benzene rings is 2. The Kier molecular flexibility index (Phi) is 7.37. The van der Waals surface area contributed by atoms with E-state index in [1.54, 1.807) is 54.6 Å². The lowest BCUT2D eigenvalue weighted by molar-refractivity contribution is -0.151. The highest BCUT2D eigenvalue weighted by Gasteiger charge is 2.26. The average molecular weight is 389 g/mol. The third-order valence-electron chi connectivity index (χ3n) is 3.85. The molecular weight excluding hydrogens is 368 g/mol. The molecule has 6 nitrogen and oxygen atoms in total. The minimum absolute atomic E-state index is 0.0282. The topological polar surface area (TPSA) is 84.5 Å². The largest absolute Gasteiger partial charge is 0.455 e. The molecule has 0 saturated carbocycles. The van der Waals surface area contributed by atoms with Gasteiger partial charge in [0.25, 0.3) is 11.8 Å². The van der Waals surface area contributed by atoms with Crippen molar-refractivity contribution in [3.63, 3.8) is 0 Å². The lowest BCUT2D eigenvalue weighted by atomic mass is 9.88. The van der Waals surface area contributed by atoms with E-state index in [1.165, 1.54) is 0 Å². The zero-order valence-electron chi connectivity index (χ0n) is 15.1. The monoisotopic (exact) mass is 388 g/mol. The van der Waals surface area contributed by atoms with E-state index in [1.807, 2.05) is 13.8 Å². The molecule has 2 aromatic carbocycles. The van der Waals surface area contributed by atoms with E-state index in [2.05, 4.69) is 10.9 Å². The maximum atomic E-state index is 12.4. The number of rotatable bonds is 6. The van der Waals surface area contributed by atoms with Crippen molar-refractivity contribution in [1.82, 2.24) is 10.9 Å². The van der Waals surface area contributed by atoms with Crippen LogP contribution in [-0.4, -0.2) is 24.4 Å². The number of hydrogen-bond acceptors (Lipinski definition) is 4. The number of hydrazine groups is 1. The Morgan fingerprint density at radius 3 is 2.19 bits per heavy atom. The van der Waals surface area contributed by atoms with E-state index in [0.29, 0.717) is 10.6 Å². The van der Waals surface area contributed by atoms with Crippen LogP contribution in [0.3, 0.4) is 0 Å². The van der Waals surface area contributed by atoms with Crippen LogP contribution in [0.1, 0.15) is 35.7 Å². The molecule has 27 heavy (non-hydrogen) atoms. The third kappa shape index (κ3) is 6.11. The van der Waals surface area contributed by atoms with Crippen LogP contribution < -0.4 is 10.9 Å². The first-order chi connectivity index (χ1) is 12.9. The normalized spacial score (nSPS) is 11.6. The van der Waals surface area contributed by atoms with Crippen LogP contribution in [0.25, 0.3) is 0 Å². The molecular formula is C20H21ClN2O4. The molecule has 2 rings (SSSR count). The van der Waals surface area contributed by atoms with Gasteiger partial charge < -0.3 is 4.74 Å². The minimum atomic E-state index is -0.633. The highest BCUT2D eigenvalue weighted by Crippen LogP contribution is 2.27. The van der Waals surface area contributed by atoms with Crippen molar-refractivity contribution in [2.45, 2.75) is 19.8 Å². The van der Waals surface area contributed by atoms with E-state index in [9.17, 15) is 14.4 Å². The second-order valence-corrected chi connectivity index (χ2v) is 6.69. The average Bonchev–Trinajstić information content (AvgIpc) is 2.66. The number of esters is 1. The van der Waals surface area contributed by atoms with Crippen LogP contribution in [0.5, 0.6) is 0 Å². The SMILES string of the molecule is CC(C)[C@H](C(=O)OCC(=O)NNC(=O)c1ccccc1)c1ccc(Cl)cc1. The molecule has 0 heterocycles. The van der Waals surface area contributed by atoms with Crippen LogP contribution in [0.4, 0.5) is 0 Å². The summed E-state index contributed by atoms with van der Waals surface area (Å²) in [5.74, 6) is -2.16. The summed E-state index contributed by atoms with van der Waals surface area (Å²) < 4.78 is 5.11. The third-order valence-corrected chi connectivity index (χ3v) is 4.10. The first kappa shape index (κ1) is 20.5. The Morgan fingerprint density at radius 1 is 0.963 bits per heavy atom. The molecule has 0 unspecified atom stereocenters. The quantitative estimate of drug-likeness (QED) is 0.588. The molecule has 2 N–H and O–H groups in total. The molecule has 0 spiro atoms. The number of ether oxygens (including phenoxy) is 1. The van der Waals surface area contributed by atoms with Crippen molar-refractivity contribution in [2.24, 2.45) is 5.92 Å². The second-order valence-electron chi connectivity index (χ2n) is 6.25. The smallest absolute Gasteiger partial charge is 0.314 e. The van der Waals surface area contributed by atoms with Crippen LogP contribution in [-0.2, 0) is 14.3 Å². The Bertz CT molecular complexity index is 791. The maximum Gasteiger partial charge on any atom is 0.314 e. The van der Waals surface area contributed by atoms with Crippen molar-refractivity contribution in [3.05, 3.63) is 70.7 Å². The highest BCUT2D eigenvalue weighted by atomic mass is 35.5. The molecule has 0 aliphatic carbocycles. The van der Waals surface area contributed by atoms with E-state index >= 15 is 0 Å². The first-order valence-electron chi connectivity index (χ1n) is 8.45.